The quantitative estimate of drug-likeness (QED) is 0.196. The molecule has 0 spiro atoms. The van der Waals surface area contributed by atoms with Crippen LogP contribution in [0.3, 0.4) is 0 Å². The summed E-state index contributed by atoms with van der Waals surface area (Å²) in [6.07, 6.45) is 15.7. The zero-order valence-electron chi connectivity index (χ0n) is 24.3. The van der Waals surface area contributed by atoms with Gasteiger partial charge < -0.3 is 9.47 Å². The van der Waals surface area contributed by atoms with Gasteiger partial charge in [0.25, 0.3) is 0 Å². The lowest BCUT2D eigenvalue weighted by Gasteiger charge is -2.58. The van der Waals surface area contributed by atoms with E-state index in [1.54, 1.807) is 24.3 Å². The summed E-state index contributed by atoms with van der Waals surface area (Å²) >= 11 is 6.02. The molecule has 0 saturated heterocycles. The molecule has 3 saturated carbocycles. The Labute approximate surface area is 236 Å². The molecule has 0 heterocycles. The van der Waals surface area contributed by atoms with E-state index in [1.165, 1.54) is 56.9 Å². The van der Waals surface area contributed by atoms with Crippen molar-refractivity contribution in [1.82, 2.24) is 0 Å². The van der Waals surface area contributed by atoms with Gasteiger partial charge in [-0.25, -0.2) is 4.79 Å². The molecular weight excluding hydrogens is 492 g/mol. The Bertz CT molecular complexity index is 1030. The zero-order chi connectivity index (χ0) is 27.1. The fourth-order valence-electron chi connectivity index (χ4n) is 9.54. The van der Waals surface area contributed by atoms with Crippen LogP contribution in [0.25, 0.3) is 0 Å². The van der Waals surface area contributed by atoms with E-state index in [0.717, 1.165) is 54.8 Å². The predicted octanol–water partition coefficient (Wildman–Crippen LogP) is 10.3. The topological polar surface area (TPSA) is 35.5 Å². The molecule has 8 atom stereocenters. The molecule has 0 aromatic heterocycles. The van der Waals surface area contributed by atoms with E-state index in [0.29, 0.717) is 16.2 Å². The average molecular weight is 541 g/mol. The molecule has 4 aliphatic carbocycles. The standard InChI is InChI=1S/C34H49ClO3/c1-22(2)8-6-9-23(3)29-14-15-30-28-13-12-24-20-27(38-32(36)37-26-11-7-10-25(35)21-26)16-18-33(24,4)31(28)17-19-34(29,30)5/h7,10-12,21-23,27-31H,6,8-9,13-20H2,1-5H3/t23-,27+,28-,29+,30-,31-,33-,34+/m0/s1. The normalized spacial score (nSPS) is 37.0. The van der Waals surface area contributed by atoms with Gasteiger partial charge in [0.2, 0.25) is 0 Å². The van der Waals surface area contributed by atoms with Gasteiger partial charge in [-0.05, 0) is 109 Å². The van der Waals surface area contributed by atoms with Crippen LogP contribution in [-0.4, -0.2) is 12.3 Å². The van der Waals surface area contributed by atoms with Crippen molar-refractivity contribution >= 4 is 17.8 Å². The maximum absolute atomic E-state index is 12.5. The van der Waals surface area contributed by atoms with Gasteiger partial charge in [0.05, 0.1) is 0 Å². The third kappa shape index (κ3) is 5.43. The van der Waals surface area contributed by atoms with Crippen molar-refractivity contribution in [3.8, 4) is 5.75 Å². The van der Waals surface area contributed by atoms with Crippen LogP contribution >= 0.6 is 11.6 Å². The molecule has 210 valence electrons. The molecule has 0 unspecified atom stereocenters. The monoisotopic (exact) mass is 540 g/mol. The SMILES string of the molecule is CC(C)CCC[C@H](C)[C@H]1CC[C@H]2[C@@H]3CC=C4C[C@H](OC(=O)Oc5cccc(Cl)c5)CC[C@]4(C)[C@H]3CC[C@]12C. The van der Waals surface area contributed by atoms with Crippen molar-refractivity contribution in [3.05, 3.63) is 40.9 Å². The van der Waals surface area contributed by atoms with E-state index in [9.17, 15) is 4.79 Å². The van der Waals surface area contributed by atoms with Crippen molar-refractivity contribution in [1.29, 1.82) is 0 Å². The molecule has 38 heavy (non-hydrogen) atoms. The van der Waals surface area contributed by atoms with Crippen LogP contribution in [0.5, 0.6) is 5.75 Å². The number of hydrogen-bond acceptors (Lipinski definition) is 3. The second kappa shape index (κ2) is 11.2. The number of benzene rings is 1. The smallest absolute Gasteiger partial charge is 0.430 e. The Balaban J connectivity index is 1.22. The summed E-state index contributed by atoms with van der Waals surface area (Å²) < 4.78 is 11.2. The second-order valence-corrected chi connectivity index (χ2v) is 14.5. The largest absolute Gasteiger partial charge is 0.514 e. The highest BCUT2D eigenvalue weighted by Gasteiger charge is 2.59. The first-order valence-corrected chi connectivity index (χ1v) is 15.8. The van der Waals surface area contributed by atoms with E-state index in [1.807, 2.05) is 0 Å². The number of allylic oxidation sites excluding steroid dienone is 1. The van der Waals surface area contributed by atoms with Gasteiger partial charge in [-0.2, -0.15) is 0 Å². The van der Waals surface area contributed by atoms with Gasteiger partial charge in [0, 0.05) is 11.4 Å². The van der Waals surface area contributed by atoms with Crippen molar-refractivity contribution < 1.29 is 14.3 Å². The maximum atomic E-state index is 12.5. The average Bonchev–Trinajstić information content (AvgIpc) is 3.21. The third-order valence-corrected chi connectivity index (χ3v) is 11.8. The van der Waals surface area contributed by atoms with Crippen LogP contribution in [0.2, 0.25) is 5.02 Å². The van der Waals surface area contributed by atoms with Crippen LogP contribution < -0.4 is 4.74 Å². The van der Waals surface area contributed by atoms with Crippen molar-refractivity contribution in [3.63, 3.8) is 0 Å². The summed E-state index contributed by atoms with van der Waals surface area (Å²) in [6.45, 7) is 12.5. The van der Waals surface area contributed by atoms with Crippen LogP contribution in [0.1, 0.15) is 105 Å². The molecule has 1 aromatic carbocycles. The Morgan fingerprint density at radius 1 is 1.05 bits per heavy atom. The minimum Gasteiger partial charge on any atom is -0.430 e. The Morgan fingerprint density at radius 2 is 1.87 bits per heavy atom. The van der Waals surface area contributed by atoms with Gasteiger partial charge in [0.15, 0.2) is 0 Å². The highest BCUT2D eigenvalue weighted by Crippen LogP contribution is 2.67. The summed E-state index contributed by atoms with van der Waals surface area (Å²) in [5, 5.41) is 0.545. The number of halogens is 1. The van der Waals surface area contributed by atoms with Crippen LogP contribution in [-0.2, 0) is 4.74 Å². The molecule has 3 nitrogen and oxygen atoms in total. The number of carbonyl (C=O) groups excluding carboxylic acids is 1. The molecule has 5 rings (SSSR count). The molecule has 1 aromatic rings. The first-order valence-electron chi connectivity index (χ1n) is 15.4. The highest BCUT2D eigenvalue weighted by molar-refractivity contribution is 6.30. The van der Waals surface area contributed by atoms with Gasteiger partial charge >= 0.3 is 6.16 Å². The van der Waals surface area contributed by atoms with E-state index in [2.05, 4.69) is 40.7 Å². The van der Waals surface area contributed by atoms with Gasteiger partial charge in [-0.1, -0.05) is 83.2 Å². The third-order valence-electron chi connectivity index (χ3n) is 11.5. The van der Waals surface area contributed by atoms with Crippen LogP contribution in [0.15, 0.2) is 35.9 Å². The molecule has 0 bridgehead atoms. The molecule has 4 aliphatic rings. The number of ether oxygens (including phenoxy) is 2. The predicted molar refractivity (Wildman–Crippen MR) is 155 cm³/mol. The van der Waals surface area contributed by atoms with Crippen molar-refractivity contribution in [2.75, 3.05) is 0 Å². The van der Waals surface area contributed by atoms with Crippen molar-refractivity contribution in [2.45, 2.75) is 111 Å². The summed E-state index contributed by atoms with van der Waals surface area (Å²) in [5.74, 6) is 5.46. The van der Waals surface area contributed by atoms with Crippen molar-refractivity contribution in [2.24, 2.45) is 46.3 Å². The molecular formula is C34H49ClO3. The van der Waals surface area contributed by atoms with E-state index in [-0.39, 0.29) is 11.5 Å². The van der Waals surface area contributed by atoms with Gasteiger partial charge in [0.1, 0.15) is 11.9 Å². The lowest BCUT2D eigenvalue weighted by molar-refractivity contribution is -0.0597. The number of carbonyl (C=O) groups is 1. The molecule has 0 aliphatic heterocycles. The maximum Gasteiger partial charge on any atom is 0.514 e. The second-order valence-electron chi connectivity index (χ2n) is 14.1. The number of rotatable bonds is 7. The minimum atomic E-state index is -0.622. The first kappa shape index (κ1) is 28.1. The molecule has 4 heteroatoms. The van der Waals surface area contributed by atoms with Crippen LogP contribution in [0.4, 0.5) is 4.79 Å². The summed E-state index contributed by atoms with van der Waals surface area (Å²) in [6, 6.07) is 6.90. The fourth-order valence-corrected chi connectivity index (χ4v) is 9.72. The highest BCUT2D eigenvalue weighted by atomic mass is 35.5. The van der Waals surface area contributed by atoms with Gasteiger partial charge in [-0.15, -0.1) is 0 Å². The number of hydrogen-bond donors (Lipinski definition) is 0. The zero-order valence-corrected chi connectivity index (χ0v) is 25.1. The minimum absolute atomic E-state index is 0.103. The van der Waals surface area contributed by atoms with Gasteiger partial charge in [-0.3, -0.25) is 0 Å². The Morgan fingerprint density at radius 3 is 2.63 bits per heavy atom. The summed E-state index contributed by atoms with van der Waals surface area (Å²) in [7, 11) is 0. The van der Waals surface area contributed by atoms with E-state index in [4.69, 9.17) is 21.1 Å². The number of fused-ring (bicyclic) bond motifs is 5. The van der Waals surface area contributed by atoms with E-state index < -0.39 is 6.16 Å². The molecule has 3 fully saturated rings. The summed E-state index contributed by atoms with van der Waals surface area (Å²) in [5.41, 5.74) is 2.30. The van der Waals surface area contributed by atoms with E-state index >= 15 is 0 Å². The molecule has 0 N–H and O–H groups in total. The van der Waals surface area contributed by atoms with Crippen LogP contribution in [0, 0.1) is 46.3 Å². The molecule has 0 amide bonds. The summed E-state index contributed by atoms with van der Waals surface area (Å²) in [4.78, 5) is 12.5. The first-order chi connectivity index (χ1) is 18.1. The Hall–Kier alpha value is -1.48. The molecule has 0 radical (unpaired) electrons. The fraction of sp³-hybridized carbons (Fsp3) is 0.735. The Kier molecular flexibility index (Phi) is 8.26. The lowest BCUT2D eigenvalue weighted by atomic mass is 9.47. The lowest BCUT2D eigenvalue weighted by Crippen LogP contribution is -2.51.